The van der Waals surface area contributed by atoms with Crippen LogP contribution in [0, 0.1) is 6.92 Å². The molecule has 0 fully saturated rings. The van der Waals surface area contributed by atoms with Crippen molar-refractivity contribution in [2.75, 3.05) is 0 Å². The zero-order chi connectivity index (χ0) is 16.1. The van der Waals surface area contributed by atoms with Crippen LogP contribution < -0.4 is 11.1 Å². The molecular formula is C15H18N4O2S. The van der Waals surface area contributed by atoms with Gasteiger partial charge in [0.05, 0.1) is 10.9 Å². The molecule has 2 rings (SSSR count). The zero-order valence-electron chi connectivity index (χ0n) is 12.4. The lowest BCUT2D eigenvalue weighted by atomic mass is 10.1. The van der Waals surface area contributed by atoms with Crippen molar-refractivity contribution in [2.45, 2.75) is 30.7 Å². The number of primary amides is 1. The molecule has 0 spiro atoms. The first-order chi connectivity index (χ1) is 10.5. The molecule has 1 atom stereocenters. The van der Waals surface area contributed by atoms with E-state index in [-0.39, 0.29) is 0 Å². The Kier molecular flexibility index (Phi) is 5.21. The van der Waals surface area contributed by atoms with Gasteiger partial charge in [-0.25, -0.2) is 9.78 Å². The van der Waals surface area contributed by atoms with Gasteiger partial charge in [0, 0.05) is 12.1 Å². The van der Waals surface area contributed by atoms with Crippen LogP contribution in [0.1, 0.15) is 23.9 Å². The number of benzene rings is 1. The number of thioether (sulfide) groups is 1. The van der Waals surface area contributed by atoms with Gasteiger partial charge in [0.2, 0.25) is 5.91 Å². The maximum Gasteiger partial charge on any atom is 0.318 e. The summed E-state index contributed by atoms with van der Waals surface area (Å²) >= 11 is 1.25. The molecular weight excluding hydrogens is 300 g/mol. The lowest BCUT2D eigenvalue weighted by Crippen LogP contribution is -2.39. The Balaban J connectivity index is 2.03. The summed E-state index contributed by atoms with van der Waals surface area (Å²) in [6.07, 6.45) is 0.728. The molecule has 0 aliphatic heterocycles. The first-order valence-corrected chi connectivity index (χ1v) is 7.70. The van der Waals surface area contributed by atoms with Crippen molar-refractivity contribution in [3.8, 4) is 0 Å². The third kappa shape index (κ3) is 4.36. The van der Waals surface area contributed by atoms with Gasteiger partial charge in [-0.1, -0.05) is 42.1 Å². The topological polar surface area (TPSA) is 101 Å². The van der Waals surface area contributed by atoms with E-state index in [1.165, 1.54) is 17.3 Å². The molecule has 0 bridgehead atoms. The van der Waals surface area contributed by atoms with E-state index in [4.69, 9.17) is 5.73 Å². The average Bonchev–Trinajstić information content (AvgIpc) is 2.79. The standard InChI is InChI=1S/C15H18N4O2S/c1-9-12(8-11-6-4-3-5-7-11)18-15(17-9)22-10(2)13(20)19-14(16)21/h3-7,10H,8H2,1-2H3,(H,17,18)(H3,16,19,20,21)/t10-/m1/s1. The number of carbonyl (C=O) groups is 2. The minimum Gasteiger partial charge on any atom is -0.351 e. The smallest absolute Gasteiger partial charge is 0.318 e. The molecule has 4 N–H and O–H groups in total. The highest BCUT2D eigenvalue weighted by molar-refractivity contribution is 8.00. The van der Waals surface area contributed by atoms with Crippen molar-refractivity contribution in [1.29, 1.82) is 0 Å². The van der Waals surface area contributed by atoms with E-state index in [2.05, 4.69) is 15.3 Å². The molecule has 0 radical (unpaired) electrons. The summed E-state index contributed by atoms with van der Waals surface area (Å²) in [5.74, 6) is -0.434. The van der Waals surface area contributed by atoms with Crippen LogP contribution >= 0.6 is 11.8 Å². The minimum atomic E-state index is -0.849. The molecule has 0 aliphatic carbocycles. The normalized spacial score (nSPS) is 11.9. The van der Waals surface area contributed by atoms with Crippen molar-refractivity contribution in [3.63, 3.8) is 0 Å². The number of H-pyrrole nitrogens is 1. The predicted octanol–water partition coefficient (Wildman–Crippen LogP) is 1.98. The zero-order valence-corrected chi connectivity index (χ0v) is 13.2. The van der Waals surface area contributed by atoms with Gasteiger partial charge < -0.3 is 10.7 Å². The number of nitrogens with zero attached hydrogens (tertiary/aromatic N) is 1. The monoisotopic (exact) mass is 318 g/mol. The summed E-state index contributed by atoms with van der Waals surface area (Å²) < 4.78 is 0. The Morgan fingerprint density at radius 2 is 2.05 bits per heavy atom. The molecule has 0 aliphatic rings. The molecule has 1 aromatic carbocycles. The van der Waals surface area contributed by atoms with Gasteiger partial charge >= 0.3 is 6.03 Å². The number of hydrogen-bond donors (Lipinski definition) is 3. The van der Waals surface area contributed by atoms with E-state index in [1.54, 1.807) is 6.92 Å². The number of amides is 3. The number of urea groups is 1. The highest BCUT2D eigenvalue weighted by atomic mass is 32.2. The van der Waals surface area contributed by atoms with Crippen LogP contribution in [0.5, 0.6) is 0 Å². The maximum atomic E-state index is 11.7. The van der Waals surface area contributed by atoms with E-state index in [0.717, 1.165) is 17.8 Å². The number of aryl methyl sites for hydroxylation is 1. The number of imidazole rings is 1. The molecule has 7 heteroatoms. The highest BCUT2D eigenvalue weighted by Gasteiger charge is 2.18. The van der Waals surface area contributed by atoms with Crippen molar-refractivity contribution >= 4 is 23.7 Å². The van der Waals surface area contributed by atoms with Crippen LogP contribution in [-0.2, 0) is 11.2 Å². The van der Waals surface area contributed by atoms with Crippen LogP contribution in [0.25, 0.3) is 0 Å². The second-order valence-corrected chi connectivity index (χ2v) is 6.22. The Morgan fingerprint density at radius 3 is 2.68 bits per heavy atom. The van der Waals surface area contributed by atoms with Gasteiger partial charge in [0.15, 0.2) is 5.16 Å². The summed E-state index contributed by atoms with van der Waals surface area (Å²) in [4.78, 5) is 30.0. The van der Waals surface area contributed by atoms with Gasteiger partial charge in [0.25, 0.3) is 0 Å². The molecule has 0 saturated carbocycles. The summed E-state index contributed by atoms with van der Waals surface area (Å²) in [7, 11) is 0. The maximum absolute atomic E-state index is 11.7. The lowest BCUT2D eigenvalue weighted by molar-refractivity contribution is -0.119. The quantitative estimate of drug-likeness (QED) is 0.734. The van der Waals surface area contributed by atoms with Crippen molar-refractivity contribution < 1.29 is 9.59 Å². The molecule has 1 aromatic heterocycles. The van der Waals surface area contributed by atoms with Gasteiger partial charge in [0.1, 0.15) is 0 Å². The summed E-state index contributed by atoms with van der Waals surface area (Å²) in [6, 6.07) is 9.19. The summed E-state index contributed by atoms with van der Waals surface area (Å²) in [6.45, 7) is 3.64. The fourth-order valence-electron chi connectivity index (χ4n) is 1.93. The number of hydrogen-bond acceptors (Lipinski definition) is 4. The van der Waals surface area contributed by atoms with E-state index in [0.29, 0.717) is 5.16 Å². The van der Waals surface area contributed by atoms with Gasteiger partial charge in [-0.05, 0) is 19.4 Å². The fraction of sp³-hybridized carbons (Fsp3) is 0.267. The molecule has 116 valence electrons. The number of aromatic amines is 1. The van der Waals surface area contributed by atoms with Crippen LogP contribution in [0.15, 0.2) is 35.5 Å². The van der Waals surface area contributed by atoms with Crippen LogP contribution in [0.2, 0.25) is 0 Å². The van der Waals surface area contributed by atoms with Gasteiger partial charge in [-0.3, -0.25) is 10.1 Å². The number of rotatable bonds is 5. The number of nitrogens with one attached hydrogen (secondary N) is 2. The first-order valence-electron chi connectivity index (χ1n) is 6.82. The Bertz CT molecular complexity index is 669. The van der Waals surface area contributed by atoms with Crippen LogP contribution in [-0.4, -0.2) is 27.2 Å². The third-order valence-electron chi connectivity index (χ3n) is 3.08. The molecule has 6 nitrogen and oxygen atoms in total. The number of carbonyl (C=O) groups excluding carboxylic acids is 2. The van der Waals surface area contributed by atoms with Crippen LogP contribution in [0.4, 0.5) is 4.79 Å². The number of nitrogens with two attached hydrogens (primary N) is 1. The largest absolute Gasteiger partial charge is 0.351 e. The van der Waals surface area contributed by atoms with Crippen molar-refractivity contribution in [3.05, 3.63) is 47.3 Å². The van der Waals surface area contributed by atoms with Gasteiger partial charge in [-0.15, -0.1) is 0 Å². The predicted molar refractivity (Wildman–Crippen MR) is 85.6 cm³/mol. The van der Waals surface area contributed by atoms with Crippen LogP contribution in [0.3, 0.4) is 0 Å². The van der Waals surface area contributed by atoms with Crippen molar-refractivity contribution in [2.24, 2.45) is 5.73 Å². The SMILES string of the molecule is Cc1[nH]c(S[C@H](C)C(=O)NC(N)=O)nc1Cc1ccccc1. The van der Waals surface area contributed by atoms with E-state index in [1.807, 2.05) is 37.3 Å². The first kappa shape index (κ1) is 16.1. The number of aromatic nitrogens is 2. The fourth-order valence-corrected chi connectivity index (χ4v) is 2.80. The molecule has 1 heterocycles. The van der Waals surface area contributed by atoms with Gasteiger partial charge in [-0.2, -0.15) is 0 Å². The van der Waals surface area contributed by atoms with E-state index >= 15 is 0 Å². The van der Waals surface area contributed by atoms with E-state index in [9.17, 15) is 9.59 Å². The second kappa shape index (κ2) is 7.13. The minimum absolute atomic E-state index is 0.434. The second-order valence-electron chi connectivity index (χ2n) is 4.89. The third-order valence-corrected chi connectivity index (χ3v) is 4.07. The Labute approximate surface area is 132 Å². The Morgan fingerprint density at radius 1 is 1.36 bits per heavy atom. The highest BCUT2D eigenvalue weighted by Crippen LogP contribution is 2.23. The molecule has 0 saturated heterocycles. The molecule has 22 heavy (non-hydrogen) atoms. The molecule has 0 unspecified atom stereocenters. The summed E-state index contributed by atoms with van der Waals surface area (Å²) in [5, 5.41) is 2.24. The lowest BCUT2D eigenvalue weighted by Gasteiger charge is -2.07. The van der Waals surface area contributed by atoms with E-state index < -0.39 is 17.2 Å². The molecule has 3 amide bonds. The average molecular weight is 318 g/mol. The van der Waals surface area contributed by atoms with Crippen molar-refractivity contribution in [1.82, 2.24) is 15.3 Å². The molecule has 2 aromatic rings. The summed E-state index contributed by atoms with van der Waals surface area (Å²) in [5.41, 5.74) is 8.02. The Hall–Kier alpha value is -2.28. The number of imide groups is 1.